The van der Waals surface area contributed by atoms with Crippen molar-refractivity contribution in [1.82, 2.24) is 20.1 Å². The number of para-hydroxylation sites is 1. The summed E-state index contributed by atoms with van der Waals surface area (Å²) in [6.07, 6.45) is 5.44. The van der Waals surface area contributed by atoms with Gasteiger partial charge in [0.25, 0.3) is 0 Å². The van der Waals surface area contributed by atoms with Crippen LogP contribution in [0.5, 0.6) is 0 Å². The Labute approximate surface area is 208 Å². The third-order valence-corrected chi connectivity index (χ3v) is 6.65. The number of hydrogen-bond donors (Lipinski definition) is 2. The molecule has 0 spiro atoms. The average Bonchev–Trinajstić information content (AvgIpc) is 3.59. The highest BCUT2D eigenvalue weighted by atomic mass is 16.6. The summed E-state index contributed by atoms with van der Waals surface area (Å²) < 4.78 is 12.9. The fraction of sp³-hybridized carbons (Fsp3) is 0.630. The molecule has 2 heterocycles. The summed E-state index contributed by atoms with van der Waals surface area (Å²) in [6, 6.07) is 8.60. The van der Waals surface area contributed by atoms with E-state index in [4.69, 9.17) is 9.47 Å². The molecule has 0 radical (unpaired) electrons. The predicted molar refractivity (Wildman–Crippen MR) is 136 cm³/mol. The van der Waals surface area contributed by atoms with E-state index in [0.29, 0.717) is 32.1 Å². The minimum atomic E-state index is -0.549. The Kier molecular flexibility index (Phi) is 8.02. The van der Waals surface area contributed by atoms with Crippen molar-refractivity contribution in [3.8, 4) is 0 Å². The zero-order valence-electron chi connectivity index (χ0n) is 21.5. The van der Waals surface area contributed by atoms with Gasteiger partial charge in [-0.3, -0.25) is 4.79 Å². The molecule has 192 valence electrons. The molecule has 2 aromatic rings. The van der Waals surface area contributed by atoms with Crippen LogP contribution in [0.25, 0.3) is 10.9 Å². The molecule has 1 aromatic carbocycles. The minimum Gasteiger partial charge on any atom is -0.444 e. The van der Waals surface area contributed by atoms with E-state index in [1.165, 1.54) is 16.5 Å². The Bertz CT molecular complexity index is 1020. The van der Waals surface area contributed by atoms with E-state index in [9.17, 15) is 9.59 Å². The topological polar surface area (TPSA) is 84.8 Å². The predicted octanol–water partition coefficient (Wildman–Crippen LogP) is 3.67. The maximum Gasteiger partial charge on any atom is 0.407 e. The van der Waals surface area contributed by atoms with Crippen LogP contribution in [0.2, 0.25) is 0 Å². The Hall–Kier alpha value is -2.58. The Morgan fingerprint density at radius 2 is 1.97 bits per heavy atom. The van der Waals surface area contributed by atoms with Gasteiger partial charge in [-0.15, -0.1) is 0 Å². The molecule has 2 aliphatic rings. The lowest BCUT2D eigenvalue weighted by atomic mass is 9.94. The zero-order chi connectivity index (χ0) is 25.0. The van der Waals surface area contributed by atoms with E-state index in [1.54, 1.807) is 7.11 Å². The van der Waals surface area contributed by atoms with Gasteiger partial charge < -0.3 is 29.6 Å². The Balaban J connectivity index is 1.45. The average molecular weight is 485 g/mol. The first kappa shape index (κ1) is 25.5. The lowest BCUT2D eigenvalue weighted by Crippen LogP contribution is -2.53. The van der Waals surface area contributed by atoms with Crippen LogP contribution in [0, 0.1) is 5.92 Å². The van der Waals surface area contributed by atoms with Gasteiger partial charge in [-0.1, -0.05) is 18.2 Å². The number of methoxy groups -OCH3 is 1. The van der Waals surface area contributed by atoms with Crippen molar-refractivity contribution in [1.29, 1.82) is 0 Å². The smallest absolute Gasteiger partial charge is 0.407 e. The first-order valence-corrected chi connectivity index (χ1v) is 12.8. The summed E-state index contributed by atoms with van der Waals surface area (Å²) in [5.74, 6) is 0.00578. The lowest BCUT2D eigenvalue weighted by Gasteiger charge is -2.34. The normalized spacial score (nSPS) is 20.6. The molecule has 2 fully saturated rings. The van der Waals surface area contributed by atoms with Crippen molar-refractivity contribution in [2.75, 3.05) is 26.8 Å². The summed E-state index contributed by atoms with van der Waals surface area (Å²) in [7, 11) is 1.73. The van der Waals surface area contributed by atoms with Crippen molar-refractivity contribution in [3.63, 3.8) is 0 Å². The van der Waals surface area contributed by atoms with Gasteiger partial charge >= 0.3 is 6.09 Å². The Morgan fingerprint density at radius 1 is 1.20 bits per heavy atom. The molecular weight excluding hydrogens is 444 g/mol. The maximum atomic E-state index is 13.7. The van der Waals surface area contributed by atoms with Gasteiger partial charge in [0.2, 0.25) is 5.91 Å². The monoisotopic (exact) mass is 484 g/mol. The quantitative estimate of drug-likeness (QED) is 0.531. The van der Waals surface area contributed by atoms with Crippen molar-refractivity contribution in [2.45, 2.75) is 77.2 Å². The maximum absolute atomic E-state index is 13.7. The fourth-order valence-corrected chi connectivity index (χ4v) is 4.92. The van der Waals surface area contributed by atoms with Crippen LogP contribution in [0.15, 0.2) is 30.5 Å². The van der Waals surface area contributed by atoms with E-state index in [1.807, 2.05) is 20.8 Å². The molecule has 8 nitrogen and oxygen atoms in total. The van der Waals surface area contributed by atoms with Gasteiger partial charge in [-0.25, -0.2) is 4.79 Å². The van der Waals surface area contributed by atoms with Crippen molar-refractivity contribution < 1.29 is 19.1 Å². The number of fused-ring (bicyclic) bond motifs is 1. The number of carbonyl (C=O) groups is 2. The highest BCUT2D eigenvalue weighted by Gasteiger charge is 2.38. The highest BCUT2D eigenvalue weighted by Crippen LogP contribution is 2.33. The zero-order valence-corrected chi connectivity index (χ0v) is 21.5. The molecule has 1 aromatic heterocycles. The van der Waals surface area contributed by atoms with Crippen LogP contribution < -0.4 is 10.6 Å². The molecule has 2 N–H and O–H groups in total. The molecule has 0 bridgehead atoms. The third-order valence-electron chi connectivity index (χ3n) is 6.65. The van der Waals surface area contributed by atoms with Crippen LogP contribution >= 0.6 is 0 Å². The third kappa shape index (κ3) is 6.76. The van der Waals surface area contributed by atoms with E-state index in [-0.39, 0.29) is 17.9 Å². The van der Waals surface area contributed by atoms with Crippen LogP contribution in [-0.4, -0.2) is 66.0 Å². The summed E-state index contributed by atoms with van der Waals surface area (Å²) in [4.78, 5) is 28.0. The van der Waals surface area contributed by atoms with Crippen LogP contribution in [-0.2, 0) is 27.4 Å². The number of aryl methyl sites for hydroxylation is 1. The van der Waals surface area contributed by atoms with Crippen LogP contribution in [0.1, 0.15) is 52.0 Å². The van der Waals surface area contributed by atoms with E-state index in [2.05, 4.69) is 50.6 Å². The first-order chi connectivity index (χ1) is 16.7. The number of amides is 2. The number of piperidine rings is 1. The van der Waals surface area contributed by atoms with Gasteiger partial charge in [-0.2, -0.15) is 0 Å². The molecule has 1 aliphatic heterocycles. The number of alkyl carbamates (subject to hydrolysis) is 1. The Morgan fingerprint density at radius 3 is 2.69 bits per heavy atom. The number of carbonyl (C=O) groups excluding carboxylic acids is 2. The standard InChI is InChI=1S/C27H40N4O4/c1-27(2,3)35-26(33)29-21-14-19(15-28-16-21)25(32)31(22-10-11-22)18-20-17-30(12-7-13-34-4)24-9-6-5-8-23(20)24/h5-6,8-9,17,19,21-22,28H,7,10-16,18H2,1-4H3,(H,29,33)/t19-,21-/m1/s1. The van der Waals surface area contributed by atoms with E-state index >= 15 is 0 Å². The molecule has 2 amide bonds. The van der Waals surface area contributed by atoms with Gasteiger partial charge in [0.05, 0.1) is 5.92 Å². The van der Waals surface area contributed by atoms with Gasteiger partial charge in [-0.05, 0) is 58.1 Å². The number of hydrogen-bond acceptors (Lipinski definition) is 5. The van der Waals surface area contributed by atoms with Crippen LogP contribution in [0.3, 0.4) is 0 Å². The number of benzene rings is 1. The molecular formula is C27H40N4O4. The number of aromatic nitrogens is 1. The first-order valence-electron chi connectivity index (χ1n) is 12.8. The van der Waals surface area contributed by atoms with E-state index < -0.39 is 11.7 Å². The molecule has 8 heteroatoms. The number of nitrogens with zero attached hydrogens (tertiary/aromatic N) is 2. The number of nitrogens with one attached hydrogen (secondary N) is 2. The molecule has 0 unspecified atom stereocenters. The SMILES string of the molecule is COCCCn1cc(CN(C(=O)[C@H]2CNC[C@H](NC(=O)OC(C)(C)C)C2)C2CC2)c2ccccc21. The molecule has 2 atom stereocenters. The van der Waals surface area contributed by atoms with Crippen molar-refractivity contribution in [3.05, 3.63) is 36.0 Å². The molecule has 4 rings (SSSR count). The summed E-state index contributed by atoms with van der Waals surface area (Å²) >= 11 is 0. The van der Waals surface area contributed by atoms with Crippen LogP contribution in [0.4, 0.5) is 4.79 Å². The van der Waals surface area contributed by atoms with Gasteiger partial charge in [0.15, 0.2) is 0 Å². The second-order valence-corrected chi connectivity index (χ2v) is 10.8. The highest BCUT2D eigenvalue weighted by molar-refractivity contribution is 5.85. The molecule has 35 heavy (non-hydrogen) atoms. The molecule has 1 aliphatic carbocycles. The largest absolute Gasteiger partial charge is 0.444 e. The summed E-state index contributed by atoms with van der Waals surface area (Å²) in [6.45, 7) is 9.04. The number of rotatable bonds is 9. The molecule has 1 saturated heterocycles. The lowest BCUT2D eigenvalue weighted by molar-refractivity contribution is -0.137. The fourth-order valence-electron chi connectivity index (χ4n) is 4.92. The van der Waals surface area contributed by atoms with Crippen molar-refractivity contribution in [2.24, 2.45) is 5.92 Å². The summed E-state index contributed by atoms with van der Waals surface area (Å²) in [5, 5.41) is 7.48. The second-order valence-electron chi connectivity index (χ2n) is 10.8. The van der Waals surface area contributed by atoms with Crippen molar-refractivity contribution >= 4 is 22.9 Å². The molecule has 1 saturated carbocycles. The number of ether oxygens (including phenoxy) is 2. The summed E-state index contributed by atoms with van der Waals surface area (Å²) in [5.41, 5.74) is 1.83. The van der Waals surface area contributed by atoms with Gasteiger partial charge in [0.1, 0.15) is 5.60 Å². The van der Waals surface area contributed by atoms with E-state index in [0.717, 1.165) is 32.4 Å². The van der Waals surface area contributed by atoms with Gasteiger partial charge in [0, 0.05) is 69.1 Å². The second kappa shape index (κ2) is 11.0. The minimum absolute atomic E-state index is 0.128.